The summed E-state index contributed by atoms with van der Waals surface area (Å²) < 4.78 is 5.03. The van der Waals surface area contributed by atoms with Crippen LogP contribution >= 0.6 is 0 Å². The van der Waals surface area contributed by atoms with Gasteiger partial charge < -0.3 is 34.6 Å². The van der Waals surface area contributed by atoms with E-state index in [1.807, 2.05) is 14.1 Å². The molecule has 10 heteroatoms. The van der Waals surface area contributed by atoms with Gasteiger partial charge in [0.1, 0.15) is 17.1 Å². The zero-order valence-corrected chi connectivity index (χ0v) is 19.7. The molecule has 3 aromatic rings. The van der Waals surface area contributed by atoms with Crippen LogP contribution in [0.5, 0.6) is 0 Å². The van der Waals surface area contributed by atoms with Gasteiger partial charge in [-0.15, -0.1) is 0 Å². The van der Waals surface area contributed by atoms with Crippen molar-refractivity contribution in [1.82, 2.24) is 23.9 Å². The second-order valence-electron chi connectivity index (χ2n) is 8.28. The SMILES string of the molecule is CN(C)CCCNC(=O)c1cc(NC(=O)c2cc(NC(=O)c3cccn3C)cn2C)cn1C. The number of rotatable bonds is 9. The Morgan fingerprint density at radius 2 is 1.36 bits per heavy atom. The van der Waals surface area contributed by atoms with E-state index in [0.29, 0.717) is 35.0 Å². The molecule has 0 bridgehead atoms. The number of carbonyl (C=O) groups excluding carboxylic acids is 3. The van der Waals surface area contributed by atoms with Gasteiger partial charge in [-0.05, 0) is 51.3 Å². The number of hydrogen-bond acceptors (Lipinski definition) is 4. The molecule has 0 unspecified atom stereocenters. The van der Waals surface area contributed by atoms with Gasteiger partial charge in [0.05, 0.1) is 11.4 Å². The summed E-state index contributed by atoms with van der Waals surface area (Å²) in [6, 6.07) is 6.76. The Morgan fingerprint density at radius 1 is 0.818 bits per heavy atom. The molecule has 0 fully saturated rings. The smallest absolute Gasteiger partial charge is 0.272 e. The lowest BCUT2D eigenvalue weighted by Gasteiger charge is -2.10. The summed E-state index contributed by atoms with van der Waals surface area (Å²) in [6.07, 6.45) is 6.00. The van der Waals surface area contributed by atoms with Crippen LogP contribution in [-0.4, -0.2) is 63.5 Å². The molecule has 0 aromatic carbocycles. The Kier molecular flexibility index (Phi) is 7.39. The molecule has 0 spiro atoms. The Labute approximate surface area is 193 Å². The Morgan fingerprint density at radius 3 is 1.88 bits per heavy atom. The zero-order chi connectivity index (χ0) is 24.1. The normalized spacial score (nSPS) is 11.0. The third-order valence-electron chi connectivity index (χ3n) is 5.23. The fourth-order valence-electron chi connectivity index (χ4n) is 3.49. The van der Waals surface area contributed by atoms with Gasteiger partial charge in [-0.25, -0.2) is 0 Å². The molecule has 0 atom stereocenters. The summed E-state index contributed by atoms with van der Waals surface area (Å²) in [5.41, 5.74) is 2.37. The van der Waals surface area contributed by atoms with Crippen molar-refractivity contribution < 1.29 is 14.4 Å². The molecule has 0 aliphatic heterocycles. The van der Waals surface area contributed by atoms with E-state index >= 15 is 0 Å². The van der Waals surface area contributed by atoms with Crippen molar-refractivity contribution in [2.75, 3.05) is 37.8 Å². The molecule has 0 saturated carbocycles. The minimum atomic E-state index is -0.347. The van der Waals surface area contributed by atoms with E-state index in [-0.39, 0.29) is 17.7 Å². The van der Waals surface area contributed by atoms with E-state index in [9.17, 15) is 14.4 Å². The number of hydrogen-bond donors (Lipinski definition) is 3. The van der Waals surface area contributed by atoms with Crippen LogP contribution in [0.15, 0.2) is 42.9 Å². The molecule has 3 aromatic heterocycles. The molecule has 3 N–H and O–H groups in total. The number of nitrogens with one attached hydrogen (secondary N) is 3. The van der Waals surface area contributed by atoms with Crippen LogP contribution in [-0.2, 0) is 21.1 Å². The summed E-state index contributed by atoms with van der Waals surface area (Å²) >= 11 is 0. The van der Waals surface area contributed by atoms with Gasteiger partial charge in [0.25, 0.3) is 17.7 Å². The number of amides is 3. The quantitative estimate of drug-likeness (QED) is 0.430. The van der Waals surface area contributed by atoms with Crippen LogP contribution in [0.2, 0.25) is 0 Å². The average molecular weight is 454 g/mol. The van der Waals surface area contributed by atoms with Crippen molar-refractivity contribution in [3.63, 3.8) is 0 Å². The van der Waals surface area contributed by atoms with Crippen LogP contribution in [0.4, 0.5) is 11.4 Å². The lowest BCUT2D eigenvalue weighted by atomic mass is 10.3. The van der Waals surface area contributed by atoms with Gasteiger partial charge in [-0.3, -0.25) is 14.4 Å². The monoisotopic (exact) mass is 453 g/mol. The van der Waals surface area contributed by atoms with Crippen LogP contribution in [0.25, 0.3) is 0 Å². The molecule has 0 radical (unpaired) electrons. The third-order valence-corrected chi connectivity index (χ3v) is 5.23. The first-order valence-electron chi connectivity index (χ1n) is 10.7. The van der Waals surface area contributed by atoms with E-state index in [1.165, 1.54) is 0 Å². The molecule has 176 valence electrons. The Hall–Kier alpha value is -3.79. The summed E-state index contributed by atoms with van der Waals surface area (Å²) in [7, 11) is 9.24. The topological polar surface area (TPSA) is 105 Å². The van der Waals surface area contributed by atoms with Crippen LogP contribution < -0.4 is 16.0 Å². The van der Waals surface area contributed by atoms with E-state index in [0.717, 1.165) is 13.0 Å². The Bertz CT molecular complexity index is 1150. The van der Waals surface area contributed by atoms with Crippen LogP contribution in [0, 0.1) is 0 Å². The molecule has 10 nitrogen and oxygen atoms in total. The molecule has 33 heavy (non-hydrogen) atoms. The zero-order valence-electron chi connectivity index (χ0n) is 19.7. The minimum absolute atomic E-state index is 0.193. The predicted octanol–water partition coefficient (Wildman–Crippen LogP) is 1.89. The summed E-state index contributed by atoms with van der Waals surface area (Å²) in [5.74, 6) is -0.800. The van der Waals surface area contributed by atoms with E-state index in [1.54, 1.807) is 77.7 Å². The fraction of sp³-hybridized carbons (Fsp3) is 0.348. The summed E-state index contributed by atoms with van der Waals surface area (Å²) in [4.78, 5) is 39.8. The summed E-state index contributed by atoms with van der Waals surface area (Å²) in [6.45, 7) is 1.46. The number of nitrogens with zero attached hydrogens (tertiary/aromatic N) is 4. The molecule has 3 amide bonds. The van der Waals surface area contributed by atoms with Gasteiger partial charge in [0, 0.05) is 46.3 Å². The highest BCUT2D eigenvalue weighted by Gasteiger charge is 2.17. The Balaban J connectivity index is 1.62. The predicted molar refractivity (Wildman–Crippen MR) is 128 cm³/mol. The van der Waals surface area contributed by atoms with Crippen molar-refractivity contribution in [3.05, 3.63) is 59.9 Å². The van der Waals surface area contributed by atoms with Gasteiger partial charge in [0.2, 0.25) is 0 Å². The van der Waals surface area contributed by atoms with Crippen LogP contribution in [0.3, 0.4) is 0 Å². The standard InChI is InChI=1S/C23H31N7O3/c1-27(2)10-7-9-24-21(31)19-12-16(14-29(19)4)26-23(33)20-13-17(15-30(20)5)25-22(32)18-8-6-11-28(18)3/h6,8,11-15H,7,9-10H2,1-5H3,(H,24,31)(H,25,32)(H,26,33). The van der Waals surface area contributed by atoms with Crippen molar-refractivity contribution in [2.45, 2.75) is 6.42 Å². The highest BCUT2D eigenvalue weighted by atomic mass is 16.2. The average Bonchev–Trinajstić information content (AvgIpc) is 3.43. The van der Waals surface area contributed by atoms with Gasteiger partial charge in [0.15, 0.2) is 0 Å². The molecule has 0 saturated heterocycles. The fourth-order valence-corrected chi connectivity index (χ4v) is 3.49. The molecular weight excluding hydrogens is 422 g/mol. The maximum atomic E-state index is 12.8. The van der Waals surface area contributed by atoms with Crippen LogP contribution in [0.1, 0.15) is 37.9 Å². The maximum absolute atomic E-state index is 12.8. The first-order chi connectivity index (χ1) is 15.7. The van der Waals surface area contributed by atoms with Crippen molar-refractivity contribution in [2.24, 2.45) is 21.1 Å². The van der Waals surface area contributed by atoms with E-state index in [4.69, 9.17) is 0 Å². The van der Waals surface area contributed by atoms with E-state index in [2.05, 4.69) is 20.9 Å². The number of aromatic nitrogens is 3. The molecule has 3 heterocycles. The molecule has 3 rings (SSSR count). The maximum Gasteiger partial charge on any atom is 0.272 e. The van der Waals surface area contributed by atoms with Gasteiger partial charge in [-0.2, -0.15) is 0 Å². The molecular formula is C23H31N7O3. The first kappa shape index (κ1) is 23.9. The second kappa shape index (κ2) is 10.2. The molecule has 0 aliphatic carbocycles. The number of carbonyl (C=O) groups is 3. The highest BCUT2D eigenvalue weighted by molar-refractivity contribution is 6.07. The lowest BCUT2D eigenvalue weighted by Crippen LogP contribution is -2.28. The number of aryl methyl sites for hydroxylation is 3. The van der Waals surface area contributed by atoms with Gasteiger partial charge >= 0.3 is 0 Å². The molecule has 0 aliphatic rings. The largest absolute Gasteiger partial charge is 0.351 e. The van der Waals surface area contributed by atoms with Crippen molar-refractivity contribution in [1.29, 1.82) is 0 Å². The minimum Gasteiger partial charge on any atom is -0.351 e. The van der Waals surface area contributed by atoms with Gasteiger partial charge in [-0.1, -0.05) is 0 Å². The lowest BCUT2D eigenvalue weighted by molar-refractivity contribution is 0.0942. The third kappa shape index (κ3) is 5.92. The second-order valence-corrected chi connectivity index (χ2v) is 8.28. The van der Waals surface area contributed by atoms with Crippen molar-refractivity contribution in [3.8, 4) is 0 Å². The first-order valence-corrected chi connectivity index (χ1v) is 10.7. The highest BCUT2D eigenvalue weighted by Crippen LogP contribution is 2.18. The number of anilines is 2. The van der Waals surface area contributed by atoms with Crippen molar-refractivity contribution >= 4 is 29.1 Å². The summed E-state index contributed by atoms with van der Waals surface area (Å²) in [5, 5.41) is 8.51. The van der Waals surface area contributed by atoms with E-state index < -0.39 is 0 Å².